The van der Waals surface area contributed by atoms with E-state index in [9.17, 15) is 4.21 Å². The van der Waals surface area contributed by atoms with Gasteiger partial charge in [-0.25, -0.2) is 0 Å². The second kappa shape index (κ2) is 7.87. The number of hydrogen-bond donors (Lipinski definition) is 1. The highest BCUT2D eigenvalue weighted by atomic mass is 35.5. The van der Waals surface area contributed by atoms with Crippen molar-refractivity contribution in [3.63, 3.8) is 0 Å². The van der Waals surface area contributed by atoms with Crippen LogP contribution in [-0.2, 0) is 16.6 Å². The molecule has 142 valence electrons. The molecule has 2 aromatic heterocycles. The minimum Gasteiger partial charge on any atom is -0.339 e. The van der Waals surface area contributed by atoms with Gasteiger partial charge in [-0.3, -0.25) is 4.21 Å². The molecule has 4 rings (SSSR count). The Morgan fingerprint density at radius 2 is 1.82 bits per heavy atom. The smallest absolute Gasteiger partial charge is 0.185 e. The number of hydrogen-bond acceptors (Lipinski definition) is 5. The van der Waals surface area contributed by atoms with Gasteiger partial charge in [0.05, 0.1) is 0 Å². The Kier molecular flexibility index (Phi) is 5.30. The van der Waals surface area contributed by atoms with Crippen LogP contribution in [-0.4, -0.2) is 30.3 Å². The molecule has 0 saturated heterocycles. The van der Waals surface area contributed by atoms with Crippen molar-refractivity contribution in [1.29, 1.82) is 0 Å². The molecule has 0 bridgehead atoms. The van der Waals surface area contributed by atoms with Gasteiger partial charge in [0.15, 0.2) is 17.3 Å². The van der Waals surface area contributed by atoms with Crippen molar-refractivity contribution in [1.82, 2.24) is 19.8 Å². The van der Waals surface area contributed by atoms with Crippen LogP contribution in [0.3, 0.4) is 0 Å². The maximum Gasteiger partial charge on any atom is 0.185 e. The molecule has 2 aromatic carbocycles. The number of nitrogens with one attached hydrogen (secondary N) is 1. The van der Waals surface area contributed by atoms with Crippen LogP contribution in [0.25, 0.3) is 17.0 Å². The van der Waals surface area contributed by atoms with E-state index in [0.29, 0.717) is 33.1 Å². The Morgan fingerprint density at radius 3 is 2.57 bits per heavy atom. The lowest BCUT2D eigenvalue weighted by atomic mass is 10.2. The predicted octanol–water partition coefficient (Wildman–Crippen LogP) is 4.72. The number of anilines is 2. The van der Waals surface area contributed by atoms with E-state index < -0.39 is 10.8 Å². The van der Waals surface area contributed by atoms with E-state index in [1.807, 2.05) is 36.4 Å². The van der Waals surface area contributed by atoms with Crippen molar-refractivity contribution < 1.29 is 4.21 Å². The van der Waals surface area contributed by atoms with Crippen molar-refractivity contribution in [2.75, 3.05) is 11.6 Å². The molecule has 0 aliphatic carbocycles. The minimum absolute atomic E-state index is 0.507. The average molecular weight is 432 g/mol. The maximum atomic E-state index is 11.5. The van der Waals surface area contributed by atoms with Crippen molar-refractivity contribution in [2.45, 2.75) is 5.75 Å². The number of benzene rings is 2. The molecular formula is C19H15Cl2N5OS. The Labute approximate surface area is 174 Å². The van der Waals surface area contributed by atoms with Crippen LogP contribution >= 0.6 is 23.2 Å². The summed E-state index contributed by atoms with van der Waals surface area (Å²) in [6.45, 7) is 0. The molecule has 4 aromatic rings. The molecule has 0 amide bonds. The van der Waals surface area contributed by atoms with Gasteiger partial charge in [0, 0.05) is 44.1 Å². The van der Waals surface area contributed by atoms with Gasteiger partial charge in [0.1, 0.15) is 0 Å². The first-order valence-corrected chi connectivity index (χ1v) is 10.8. The zero-order valence-electron chi connectivity index (χ0n) is 14.8. The fraction of sp³-hybridized carbons (Fsp3) is 0.105. The Balaban J connectivity index is 1.69. The van der Waals surface area contributed by atoms with E-state index in [1.165, 1.54) is 0 Å². The van der Waals surface area contributed by atoms with Crippen LogP contribution in [0, 0.1) is 0 Å². The number of nitrogens with zero attached hydrogens (tertiary/aromatic N) is 4. The molecule has 2 heterocycles. The van der Waals surface area contributed by atoms with Crippen LogP contribution in [0.15, 0.2) is 54.6 Å². The van der Waals surface area contributed by atoms with Crippen LogP contribution in [0.4, 0.5) is 11.5 Å². The average Bonchev–Trinajstić information content (AvgIpc) is 3.04. The van der Waals surface area contributed by atoms with E-state index >= 15 is 0 Å². The molecule has 9 heteroatoms. The fourth-order valence-electron chi connectivity index (χ4n) is 2.84. The number of halogens is 2. The quantitative estimate of drug-likeness (QED) is 0.494. The summed E-state index contributed by atoms with van der Waals surface area (Å²) in [7, 11) is -0.898. The fourth-order valence-corrected chi connectivity index (χ4v) is 4.01. The third-order valence-electron chi connectivity index (χ3n) is 3.95. The Hall–Kier alpha value is -2.48. The topological polar surface area (TPSA) is 72.2 Å². The van der Waals surface area contributed by atoms with Gasteiger partial charge < -0.3 is 5.32 Å². The van der Waals surface area contributed by atoms with E-state index in [2.05, 4.69) is 20.6 Å². The monoisotopic (exact) mass is 431 g/mol. The first kappa shape index (κ1) is 18.9. The van der Waals surface area contributed by atoms with Gasteiger partial charge >= 0.3 is 0 Å². The van der Waals surface area contributed by atoms with Crippen molar-refractivity contribution in [2.24, 2.45) is 0 Å². The van der Waals surface area contributed by atoms with Crippen LogP contribution in [0.5, 0.6) is 0 Å². The lowest BCUT2D eigenvalue weighted by Gasteiger charge is -2.08. The lowest BCUT2D eigenvalue weighted by molar-refractivity contribution is 0.686. The molecule has 0 fully saturated rings. The molecule has 1 atom stereocenters. The van der Waals surface area contributed by atoms with Crippen LogP contribution in [0.1, 0.15) is 5.56 Å². The molecule has 1 N–H and O–H groups in total. The summed E-state index contributed by atoms with van der Waals surface area (Å²) in [5.41, 5.74) is 3.18. The highest BCUT2D eigenvalue weighted by molar-refractivity contribution is 7.83. The molecule has 0 radical (unpaired) electrons. The van der Waals surface area contributed by atoms with Gasteiger partial charge in [-0.05, 0) is 48.0 Å². The standard InChI is InChI=1S/C19H15Cl2N5OS/c1-28(27)11-12-3-2-4-16(7-12)22-17-5-6-18-23-24-19(26(18)25-17)13-8-14(20)10-15(21)9-13/h2-10H,11H2,1H3,(H,22,25). The molecule has 0 saturated carbocycles. The molecule has 1 unspecified atom stereocenters. The number of fused-ring (bicyclic) bond motifs is 1. The highest BCUT2D eigenvalue weighted by Gasteiger charge is 2.12. The maximum absolute atomic E-state index is 11.5. The second-order valence-corrected chi connectivity index (χ2v) is 8.52. The first-order valence-electron chi connectivity index (χ1n) is 8.33. The van der Waals surface area contributed by atoms with Crippen molar-refractivity contribution in [3.8, 4) is 11.4 Å². The highest BCUT2D eigenvalue weighted by Crippen LogP contribution is 2.26. The summed E-state index contributed by atoms with van der Waals surface area (Å²) in [5, 5.41) is 17.2. The van der Waals surface area contributed by atoms with Gasteiger partial charge in [-0.15, -0.1) is 15.3 Å². The van der Waals surface area contributed by atoms with E-state index in [1.54, 1.807) is 29.0 Å². The number of rotatable bonds is 5. The summed E-state index contributed by atoms with van der Waals surface area (Å²) in [5.74, 6) is 1.67. The molecule has 0 spiro atoms. The second-order valence-electron chi connectivity index (χ2n) is 6.21. The third kappa shape index (κ3) is 4.16. The molecule has 0 aliphatic rings. The van der Waals surface area contributed by atoms with Gasteiger partial charge in [-0.2, -0.15) is 4.52 Å². The summed E-state index contributed by atoms with van der Waals surface area (Å²) in [6.07, 6.45) is 1.69. The molecule has 0 aliphatic heterocycles. The zero-order valence-corrected chi connectivity index (χ0v) is 17.1. The van der Waals surface area contributed by atoms with E-state index in [4.69, 9.17) is 23.2 Å². The summed E-state index contributed by atoms with van der Waals surface area (Å²) < 4.78 is 13.1. The minimum atomic E-state index is -0.898. The molecule has 28 heavy (non-hydrogen) atoms. The lowest BCUT2D eigenvalue weighted by Crippen LogP contribution is -2.01. The summed E-state index contributed by atoms with van der Waals surface area (Å²) in [6, 6.07) is 16.6. The largest absolute Gasteiger partial charge is 0.339 e. The van der Waals surface area contributed by atoms with E-state index in [-0.39, 0.29) is 0 Å². The molecule has 6 nitrogen and oxygen atoms in total. The predicted molar refractivity (Wildman–Crippen MR) is 114 cm³/mol. The van der Waals surface area contributed by atoms with Crippen molar-refractivity contribution >= 4 is 51.2 Å². The molecular weight excluding hydrogens is 417 g/mol. The van der Waals surface area contributed by atoms with Gasteiger partial charge in [-0.1, -0.05) is 35.3 Å². The Bertz CT molecular complexity index is 1170. The SMILES string of the molecule is CS(=O)Cc1cccc(Nc2ccc3nnc(-c4cc(Cl)cc(Cl)c4)n3n2)c1. The normalized spacial score (nSPS) is 12.2. The van der Waals surface area contributed by atoms with Crippen molar-refractivity contribution in [3.05, 3.63) is 70.2 Å². The summed E-state index contributed by atoms with van der Waals surface area (Å²) >= 11 is 12.2. The Morgan fingerprint density at radius 1 is 1.04 bits per heavy atom. The third-order valence-corrected chi connectivity index (χ3v) is 5.13. The zero-order chi connectivity index (χ0) is 19.7. The van der Waals surface area contributed by atoms with Gasteiger partial charge in [0.25, 0.3) is 0 Å². The van der Waals surface area contributed by atoms with Gasteiger partial charge in [0.2, 0.25) is 0 Å². The number of aromatic nitrogens is 4. The van der Waals surface area contributed by atoms with Crippen LogP contribution in [0.2, 0.25) is 10.0 Å². The van der Waals surface area contributed by atoms with E-state index in [0.717, 1.165) is 16.8 Å². The van der Waals surface area contributed by atoms with Crippen LogP contribution < -0.4 is 5.32 Å². The first-order chi connectivity index (χ1) is 13.5. The summed E-state index contributed by atoms with van der Waals surface area (Å²) in [4.78, 5) is 0.